The summed E-state index contributed by atoms with van der Waals surface area (Å²) in [6.07, 6.45) is 1.67. The predicted molar refractivity (Wildman–Crippen MR) is 99.7 cm³/mol. The topological polar surface area (TPSA) is 68.3 Å². The third-order valence-electron chi connectivity index (χ3n) is 3.61. The van der Waals surface area contributed by atoms with Crippen molar-refractivity contribution < 1.29 is 14.3 Å². The highest BCUT2D eigenvalue weighted by Gasteiger charge is 2.15. The van der Waals surface area contributed by atoms with Gasteiger partial charge in [0.25, 0.3) is 0 Å². The van der Waals surface area contributed by atoms with Gasteiger partial charge in [-0.1, -0.05) is 25.6 Å². The second kappa shape index (κ2) is 9.03. The molecule has 0 aliphatic rings. The van der Waals surface area contributed by atoms with Gasteiger partial charge in [0.05, 0.1) is 22.6 Å². The summed E-state index contributed by atoms with van der Waals surface area (Å²) in [5.41, 5.74) is 1.65. The molecule has 0 spiro atoms. The number of carbonyl (C=O) groups is 2. The van der Waals surface area contributed by atoms with E-state index in [1.807, 2.05) is 32.0 Å². The van der Waals surface area contributed by atoms with E-state index in [1.54, 1.807) is 6.92 Å². The third kappa shape index (κ3) is 4.95. The number of aromatic nitrogens is 1. The first kappa shape index (κ1) is 18.7. The molecule has 0 aliphatic carbocycles. The zero-order valence-electron chi connectivity index (χ0n) is 14.1. The Bertz CT molecular complexity index is 711. The number of amides is 1. The van der Waals surface area contributed by atoms with Gasteiger partial charge in [-0.15, -0.1) is 11.3 Å². The number of benzene rings is 1. The van der Waals surface area contributed by atoms with Gasteiger partial charge in [-0.3, -0.25) is 9.59 Å². The Morgan fingerprint density at radius 2 is 2.04 bits per heavy atom. The Morgan fingerprint density at radius 1 is 1.29 bits per heavy atom. The fourth-order valence-corrected chi connectivity index (χ4v) is 4.18. The molecule has 1 N–H and O–H groups in total. The highest BCUT2D eigenvalue weighted by molar-refractivity contribution is 8.01. The van der Waals surface area contributed by atoms with Crippen LogP contribution in [0.15, 0.2) is 22.5 Å². The molecule has 0 unspecified atom stereocenters. The van der Waals surface area contributed by atoms with Crippen LogP contribution in [-0.4, -0.2) is 29.2 Å². The number of thiazole rings is 1. The number of thioether (sulfide) groups is 1. The van der Waals surface area contributed by atoms with E-state index in [9.17, 15) is 9.59 Å². The van der Waals surface area contributed by atoms with Gasteiger partial charge >= 0.3 is 5.97 Å². The lowest BCUT2D eigenvalue weighted by Gasteiger charge is -2.12. The van der Waals surface area contributed by atoms with E-state index in [0.717, 1.165) is 33.1 Å². The van der Waals surface area contributed by atoms with Crippen LogP contribution in [0.4, 0.5) is 5.69 Å². The van der Waals surface area contributed by atoms with E-state index in [4.69, 9.17) is 4.74 Å². The Kier molecular flexibility index (Phi) is 7.05. The molecule has 0 bridgehead atoms. The lowest BCUT2D eigenvalue weighted by molar-refractivity contribution is -0.139. The summed E-state index contributed by atoms with van der Waals surface area (Å²) in [5, 5.41) is 2.97. The molecule has 0 atom stereocenters. The zero-order valence-corrected chi connectivity index (χ0v) is 15.8. The van der Waals surface area contributed by atoms with Gasteiger partial charge in [0.2, 0.25) is 5.91 Å². The summed E-state index contributed by atoms with van der Waals surface area (Å²) < 4.78 is 6.72. The Morgan fingerprint density at radius 3 is 2.71 bits per heavy atom. The molecule has 2 aromatic rings. The van der Waals surface area contributed by atoms with Gasteiger partial charge in [-0.05, 0) is 38.0 Å². The van der Waals surface area contributed by atoms with Gasteiger partial charge in [0, 0.05) is 11.6 Å². The SMILES string of the molecule is CCOC(=O)CSc1nc2ccc(NC(=O)C(CC)CC)cc2s1. The zero-order chi connectivity index (χ0) is 17.5. The molecule has 5 nitrogen and oxygen atoms in total. The number of anilines is 1. The van der Waals surface area contributed by atoms with Crippen molar-refractivity contribution in [3.63, 3.8) is 0 Å². The number of ether oxygens (including phenoxy) is 1. The van der Waals surface area contributed by atoms with Crippen LogP contribution in [0.2, 0.25) is 0 Å². The van der Waals surface area contributed by atoms with Gasteiger partial charge in [-0.25, -0.2) is 4.98 Å². The number of fused-ring (bicyclic) bond motifs is 1. The molecule has 7 heteroatoms. The van der Waals surface area contributed by atoms with E-state index in [0.29, 0.717) is 6.61 Å². The fourth-order valence-electron chi connectivity index (χ4n) is 2.27. The average molecular weight is 367 g/mol. The lowest BCUT2D eigenvalue weighted by atomic mass is 10.0. The van der Waals surface area contributed by atoms with E-state index < -0.39 is 0 Å². The van der Waals surface area contributed by atoms with E-state index in [-0.39, 0.29) is 23.5 Å². The second-order valence-electron chi connectivity index (χ2n) is 5.26. The highest BCUT2D eigenvalue weighted by atomic mass is 32.2. The normalized spacial score (nSPS) is 11.0. The van der Waals surface area contributed by atoms with Crippen molar-refractivity contribution in [1.82, 2.24) is 4.98 Å². The van der Waals surface area contributed by atoms with Crippen molar-refractivity contribution in [2.45, 2.75) is 38.0 Å². The largest absolute Gasteiger partial charge is 0.465 e. The van der Waals surface area contributed by atoms with Crippen LogP contribution in [0, 0.1) is 5.92 Å². The first-order valence-electron chi connectivity index (χ1n) is 8.07. The van der Waals surface area contributed by atoms with Crippen LogP contribution in [0.25, 0.3) is 10.2 Å². The van der Waals surface area contributed by atoms with Crippen molar-refractivity contribution in [2.24, 2.45) is 5.92 Å². The molecule has 2 rings (SSSR count). The van der Waals surface area contributed by atoms with E-state index in [2.05, 4.69) is 10.3 Å². The minimum Gasteiger partial charge on any atom is -0.465 e. The summed E-state index contributed by atoms with van der Waals surface area (Å²) in [6, 6.07) is 5.69. The maximum absolute atomic E-state index is 12.2. The molecule has 0 aliphatic heterocycles. The lowest BCUT2D eigenvalue weighted by Crippen LogP contribution is -2.21. The molecule has 0 radical (unpaired) electrons. The number of rotatable bonds is 8. The smallest absolute Gasteiger partial charge is 0.316 e. The van der Waals surface area contributed by atoms with Gasteiger partial charge in [-0.2, -0.15) is 0 Å². The predicted octanol–water partition coefficient (Wildman–Crippen LogP) is 4.33. The highest BCUT2D eigenvalue weighted by Crippen LogP contribution is 2.31. The van der Waals surface area contributed by atoms with Gasteiger partial charge in [0.1, 0.15) is 0 Å². The van der Waals surface area contributed by atoms with Crippen LogP contribution in [0.3, 0.4) is 0 Å². The molecule has 130 valence electrons. The number of esters is 1. The van der Waals surface area contributed by atoms with Crippen molar-refractivity contribution in [2.75, 3.05) is 17.7 Å². The maximum atomic E-state index is 12.2. The van der Waals surface area contributed by atoms with Crippen molar-refractivity contribution in [1.29, 1.82) is 0 Å². The van der Waals surface area contributed by atoms with Crippen molar-refractivity contribution in [3.05, 3.63) is 18.2 Å². The molecule has 1 aromatic carbocycles. The van der Waals surface area contributed by atoms with E-state index >= 15 is 0 Å². The minimum atomic E-state index is -0.236. The number of hydrogen-bond acceptors (Lipinski definition) is 6. The molecule has 1 aromatic heterocycles. The fraction of sp³-hybridized carbons (Fsp3) is 0.471. The third-order valence-corrected chi connectivity index (χ3v) is 5.75. The minimum absolute atomic E-state index is 0.0397. The number of carbonyl (C=O) groups excluding carboxylic acids is 2. The van der Waals surface area contributed by atoms with Gasteiger partial charge < -0.3 is 10.1 Å². The molecule has 0 fully saturated rings. The average Bonchev–Trinajstić information content (AvgIpc) is 2.96. The Labute approximate surface area is 150 Å². The summed E-state index contributed by atoms with van der Waals surface area (Å²) in [7, 11) is 0. The summed E-state index contributed by atoms with van der Waals surface area (Å²) in [4.78, 5) is 28.1. The van der Waals surface area contributed by atoms with Crippen LogP contribution in [0.1, 0.15) is 33.6 Å². The maximum Gasteiger partial charge on any atom is 0.316 e. The molecular weight excluding hydrogens is 344 g/mol. The van der Waals surface area contributed by atoms with Crippen LogP contribution in [-0.2, 0) is 14.3 Å². The monoisotopic (exact) mass is 366 g/mol. The molecule has 24 heavy (non-hydrogen) atoms. The standard InChI is InChI=1S/C17H22N2O3S2/c1-4-11(5-2)16(21)18-12-7-8-13-14(9-12)24-17(19-13)23-10-15(20)22-6-3/h7-9,11H,4-6,10H2,1-3H3,(H,18,21). The Hall–Kier alpha value is -1.60. The van der Waals surface area contributed by atoms with Crippen molar-refractivity contribution in [3.8, 4) is 0 Å². The summed E-state index contributed by atoms with van der Waals surface area (Å²) >= 11 is 2.88. The molecular formula is C17H22N2O3S2. The molecule has 0 saturated heterocycles. The second-order valence-corrected chi connectivity index (χ2v) is 7.51. The van der Waals surface area contributed by atoms with E-state index in [1.165, 1.54) is 23.1 Å². The van der Waals surface area contributed by atoms with Crippen LogP contribution in [0.5, 0.6) is 0 Å². The van der Waals surface area contributed by atoms with Crippen molar-refractivity contribution >= 4 is 50.9 Å². The number of nitrogens with one attached hydrogen (secondary N) is 1. The first-order valence-corrected chi connectivity index (χ1v) is 9.87. The summed E-state index contributed by atoms with van der Waals surface area (Å²) in [5.74, 6) is 0.116. The molecule has 1 amide bonds. The summed E-state index contributed by atoms with van der Waals surface area (Å²) in [6.45, 7) is 6.22. The first-order chi connectivity index (χ1) is 11.6. The van der Waals surface area contributed by atoms with Crippen LogP contribution < -0.4 is 5.32 Å². The molecule has 1 heterocycles. The number of nitrogens with zero attached hydrogens (tertiary/aromatic N) is 1. The molecule has 0 saturated carbocycles. The number of hydrogen-bond donors (Lipinski definition) is 1. The Balaban J connectivity index is 2.05. The van der Waals surface area contributed by atoms with Gasteiger partial charge in [0.15, 0.2) is 4.34 Å². The quantitative estimate of drug-likeness (QED) is 0.556. The van der Waals surface area contributed by atoms with Crippen LogP contribution >= 0.6 is 23.1 Å².